The molecule has 10 heteroatoms. The minimum Gasteiger partial charge on any atom is -0.482 e. The summed E-state index contributed by atoms with van der Waals surface area (Å²) in [5.74, 6) is -0.512. The third kappa shape index (κ3) is 3.87. The molecule has 0 saturated heterocycles. The van der Waals surface area contributed by atoms with Crippen LogP contribution in [0, 0.1) is 28.5 Å². The average Bonchev–Trinajstić information content (AvgIpc) is 3.02. The predicted octanol–water partition coefficient (Wildman–Crippen LogP) is 3.12. The molecule has 0 radical (unpaired) electrons. The van der Waals surface area contributed by atoms with E-state index in [4.69, 9.17) is 20.0 Å². The standard InChI is InChI=1S/C18H11BrFN5O3/c1-25-15(23-24-18(25)26)9-27-14-3-2-13(19)16(20)17(14)28-12-5-10(7-21)4-11(6-12)8-22/h2-6H,9H2,1H3,(H,24,26). The van der Waals surface area contributed by atoms with E-state index in [9.17, 15) is 9.18 Å². The van der Waals surface area contributed by atoms with Gasteiger partial charge in [-0.2, -0.15) is 15.6 Å². The fourth-order valence-corrected chi connectivity index (χ4v) is 2.59. The highest BCUT2D eigenvalue weighted by molar-refractivity contribution is 9.10. The zero-order chi connectivity index (χ0) is 20.3. The lowest BCUT2D eigenvalue weighted by molar-refractivity contribution is 0.274. The number of hydrogen-bond donors (Lipinski definition) is 1. The summed E-state index contributed by atoms with van der Waals surface area (Å²) in [5, 5.41) is 24.3. The first kappa shape index (κ1) is 19.1. The van der Waals surface area contributed by atoms with Crippen molar-refractivity contribution in [3.63, 3.8) is 0 Å². The Morgan fingerprint density at radius 1 is 1.25 bits per heavy atom. The lowest BCUT2D eigenvalue weighted by atomic mass is 10.1. The number of halogens is 2. The molecule has 0 aliphatic rings. The van der Waals surface area contributed by atoms with Gasteiger partial charge in [0, 0.05) is 7.05 Å². The molecule has 1 aromatic heterocycles. The van der Waals surface area contributed by atoms with E-state index >= 15 is 0 Å². The number of aromatic amines is 1. The fourth-order valence-electron chi connectivity index (χ4n) is 2.28. The first-order valence-corrected chi connectivity index (χ1v) is 8.56. The summed E-state index contributed by atoms with van der Waals surface area (Å²) in [6.45, 7) is -0.117. The maximum absolute atomic E-state index is 14.7. The number of ether oxygens (including phenoxy) is 2. The highest BCUT2D eigenvalue weighted by atomic mass is 79.9. The lowest BCUT2D eigenvalue weighted by Crippen LogP contribution is -2.15. The fraction of sp³-hybridized carbons (Fsp3) is 0.111. The van der Waals surface area contributed by atoms with E-state index in [1.165, 1.54) is 41.9 Å². The third-order valence-electron chi connectivity index (χ3n) is 3.73. The number of rotatable bonds is 5. The zero-order valence-electron chi connectivity index (χ0n) is 14.4. The molecular weight excluding hydrogens is 433 g/mol. The van der Waals surface area contributed by atoms with E-state index in [0.717, 1.165) is 0 Å². The molecule has 2 aromatic carbocycles. The summed E-state index contributed by atoms with van der Waals surface area (Å²) in [4.78, 5) is 11.4. The van der Waals surface area contributed by atoms with Gasteiger partial charge in [-0.05, 0) is 46.3 Å². The quantitative estimate of drug-likeness (QED) is 0.647. The Balaban J connectivity index is 1.95. The van der Waals surface area contributed by atoms with Gasteiger partial charge in [0.25, 0.3) is 0 Å². The molecule has 28 heavy (non-hydrogen) atoms. The number of aromatic nitrogens is 3. The Kier molecular flexibility index (Phi) is 5.43. The number of nitrogens with one attached hydrogen (secondary N) is 1. The maximum Gasteiger partial charge on any atom is 0.343 e. The predicted molar refractivity (Wildman–Crippen MR) is 98.2 cm³/mol. The van der Waals surface area contributed by atoms with Crippen molar-refractivity contribution in [1.82, 2.24) is 14.8 Å². The SMILES string of the molecule is Cn1c(COc2ccc(Br)c(F)c2Oc2cc(C#N)cc(C#N)c2)n[nH]c1=O. The second kappa shape index (κ2) is 7.94. The van der Waals surface area contributed by atoms with E-state index in [2.05, 4.69) is 26.1 Å². The summed E-state index contributed by atoms with van der Waals surface area (Å²) in [7, 11) is 1.51. The van der Waals surface area contributed by atoms with Crippen LogP contribution in [0.15, 0.2) is 39.6 Å². The van der Waals surface area contributed by atoms with Crippen molar-refractivity contribution in [2.24, 2.45) is 7.05 Å². The molecule has 0 spiro atoms. The molecule has 0 unspecified atom stereocenters. The van der Waals surface area contributed by atoms with E-state index in [0.29, 0.717) is 5.82 Å². The molecular formula is C18H11BrFN5O3. The largest absolute Gasteiger partial charge is 0.482 e. The van der Waals surface area contributed by atoms with Crippen molar-refractivity contribution >= 4 is 15.9 Å². The van der Waals surface area contributed by atoms with Crippen molar-refractivity contribution in [2.45, 2.75) is 6.61 Å². The average molecular weight is 444 g/mol. The van der Waals surface area contributed by atoms with Crippen LogP contribution >= 0.6 is 15.9 Å². The summed E-state index contributed by atoms with van der Waals surface area (Å²) in [6, 6.07) is 10.9. The molecule has 0 amide bonds. The Hall–Kier alpha value is -3.63. The van der Waals surface area contributed by atoms with Crippen LogP contribution in [0.4, 0.5) is 4.39 Å². The van der Waals surface area contributed by atoms with Crippen molar-refractivity contribution < 1.29 is 13.9 Å². The van der Waals surface area contributed by atoms with Gasteiger partial charge < -0.3 is 9.47 Å². The molecule has 0 atom stereocenters. The van der Waals surface area contributed by atoms with Gasteiger partial charge in [0.2, 0.25) is 5.75 Å². The highest BCUT2D eigenvalue weighted by Gasteiger charge is 2.18. The van der Waals surface area contributed by atoms with Crippen LogP contribution in [0.3, 0.4) is 0 Å². The number of nitriles is 2. The molecule has 0 bridgehead atoms. The van der Waals surface area contributed by atoms with E-state index in [-0.39, 0.29) is 39.5 Å². The van der Waals surface area contributed by atoms with Gasteiger partial charge in [-0.3, -0.25) is 4.57 Å². The van der Waals surface area contributed by atoms with Crippen molar-refractivity contribution in [1.29, 1.82) is 10.5 Å². The second-order valence-corrected chi connectivity index (χ2v) is 6.41. The van der Waals surface area contributed by atoms with E-state index in [1.807, 2.05) is 12.1 Å². The molecule has 3 aromatic rings. The lowest BCUT2D eigenvalue weighted by Gasteiger charge is -2.14. The summed E-state index contributed by atoms with van der Waals surface area (Å²) >= 11 is 3.08. The first-order valence-electron chi connectivity index (χ1n) is 7.77. The smallest absolute Gasteiger partial charge is 0.343 e. The third-order valence-corrected chi connectivity index (χ3v) is 4.34. The van der Waals surface area contributed by atoms with E-state index in [1.54, 1.807) is 0 Å². The van der Waals surface area contributed by atoms with Crippen LogP contribution in [0.2, 0.25) is 0 Å². The minimum absolute atomic E-state index is 0.0528. The van der Waals surface area contributed by atoms with Gasteiger partial charge in [-0.1, -0.05) is 0 Å². The second-order valence-electron chi connectivity index (χ2n) is 5.55. The van der Waals surface area contributed by atoms with Crippen LogP contribution in [0.25, 0.3) is 0 Å². The molecule has 1 N–H and O–H groups in total. The molecule has 3 rings (SSSR count). The van der Waals surface area contributed by atoms with Crippen LogP contribution < -0.4 is 15.2 Å². The van der Waals surface area contributed by atoms with Crippen LogP contribution in [-0.2, 0) is 13.7 Å². The Morgan fingerprint density at radius 3 is 2.50 bits per heavy atom. The molecule has 1 heterocycles. The molecule has 0 aliphatic heterocycles. The van der Waals surface area contributed by atoms with Gasteiger partial charge in [0.05, 0.1) is 27.7 Å². The van der Waals surface area contributed by atoms with Gasteiger partial charge in [-0.25, -0.2) is 14.3 Å². The highest BCUT2D eigenvalue weighted by Crippen LogP contribution is 2.38. The Bertz CT molecular complexity index is 1160. The summed E-state index contributed by atoms with van der Waals surface area (Å²) in [6.07, 6.45) is 0. The molecule has 0 aliphatic carbocycles. The molecule has 8 nitrogen and oxygen atoms in total. The number of H-pyrrole nitrogens is 1. The number of hydrogen-bond acceptors (Lipinski definition) is 6. The van der Waals surface area contributed by atoms with Gasteiger partial charge in [0.1, 0.15) is 12.4 Å². The van der Waals surface area contributed by atoms with Gasteiger partial charge >= 0.3 is 5.69 Å². The minimum atomic E-state index is -0.728. The molecule has 140 valence electrons. The van der Waals surface area contributed by atoms with Crippen molar-refractivity contribution in [2.75, 3.05) is 0 Å². The Labute approximate surface area is 166 Å². The van der Waals surface area contributed by atoms with Crippen LogP contribution in [-0.4, -0.2) is 14.8 Å². The number of benzene rings is 2. The summed E-state index contributed by atoms with van der Waals surface area (Å²) < 4.78 is 27.2. The maximum atomic E-state index is 14.7. The Morgan fingerprint density at radius 2 is 1.93 bits per heavy atom. The summed E-state index contributed by atoms with van der Waals surface area (Å²) in [5.41, 5.74) is -0.0219. The number of nitrogens with zero attached hydrogens (tertiary/aromatic N) is 4. The van der Waals surface area contributed by atoms with Crippen molar-refractivity contribution in [3.05, 3.63) is 68.1 Å². The van der Waals surface area contributed by atoms with Crippen LogP contribution in [0.5, 0.6) is 17.2 Å². The first-order chi connectivity index (χ1) is 13.4. The van der Waals surface area contributed by atoms with Crippen molar-refractivity contribution in [3.8, 4) is 29.4 Å². The zero-order valence-corrected chi connectivity index (χ0v) is 15.9. The topological polar surface area (TPSA) is 117 Å². The van der Waals surface area contributed by atoms with Crippen LogP contribution in [0.1, 0.15) is 17.0 Å². The van der Waals surface area contributed by atoms with Gasteiger partial charge in [-0.15, -0.1) is 0 Å². The molecule has 0 saturated carbocycles. The molecule has 0 fully saturated rings. The monoisotopic (exact) mass is 443 g/mol. The van der Waals surface area contributed by atoms with E-state index < -0.39 is 11.5 Å². The van der Waals surface area contributed by atoms with Gasteiger partial charge in [0.15, 0.2) is 17.4 Å². The normalized spacial score (nSPS) is 10.2.